The zero-order valence-corrected chi connectivity index (χ0v) is 15.6. The number of benzene rings is 2. The van der Waals surface area contributed by atoms with Gasteiger partial charge in [-0.1, -0.05) is 6.07 Å². The van der Waals surface area contributed by atoms with E-state index in [2.05, 4.69) is 15.4 Å². The number of carbonyl (C=O) groups is 1. The Bertz CT molecular complexity index is 930. The van der Waals surface area contributed by atoms with Crippen LogP contribution in [0.2, 0.25) is 0 Å². The fourth-order valence-electron chi connectivity index (χ4n) is 2.55. The van der Waals surface area contributed by atoms with E-state index in [-0.39, 0.29) is 23.2 Å². The second kappa shape index (κ2) is 8.28. The van der Waals surface area contributed by atoms with Crippen LogP contribution in [-0.4, -0.2) is 41.3 Å². The van der Waals surface area contributed by atoms with Gasteiger partial charge < -0.3 is 20.1 Å². The summed E-state index contributed by atoms with van der Waals surface area (Å²) in [6, 6.07) is 10.7. The first-order chi connectivity index (χ1) is 13.0. The first-order valence-corrected chi connectivity index (χ1v) is 9.93. The minimum atomic E-state index is -3.85. The SMILES string of the molecule is CNCCCNC(=O)c1cccc(S(=O)(=O)Nc2ccc3c(c2)OCO3)c1. The monoisotopic (exact) mass is 391 g/mol. The lowest BCUT2D eigenvalue weighted by atomic mass is 10.2. The van der Waals surface area contributed by atoms with Crippen molar-refractivity contribution in [2.45, 2.75) is 11.3 Å². The van der Waals surface area contributed by atoms with E-state index in [1.54, 1.807) is 24.3 Å². The van der Waals surface area contributed by atoms with Gasteiger partial charge in [0.25, 0.3) is 15.9 Å². The van der Waals surface area contributed by atoms with E-state index < -0.39 is 10.0 Å². The molecule has 0 aliphatic carbocycles. The smallest absolute Gasteiger partial charge is 0.261 e. The molecule has 0 radical (unpaired) electrons. The van der Waals surface area contributed by atoms with Crippen LogP contribution >= 0.6 is 0 Å². The van der Waals surface area contributed by atoms with Gasteiger partial charge in [0.2, 0.25) is 6.79 Å². The third kappa shape index (κ3) is 4.69. The molecule has 2 aromatic carbocycles. The minimum absolute atomic E-state index is 0.00282. The van der Waals surface area contributed by atoms with Crippen LogP contribution in [0.4, 0.5) is 5.69 Å². The molecule has 0 saturated carbocycles. The molecule has 1 amide bonds. The standard InChI is InChI=1S/C18H21N3O5S/c1-19-8-3-9-20-18(22)13-4-2-5-15(10-13)27(23,24)21-14-6-7-16-17(11-14)26-12-25-16/h2,4-7,10-11,19,21H,3,8-9,12H2,1H3,(H,20,22). The molecule has 0 unspecified atom stereocenters. The highest BCUT2D eigenvalue weighted by molar-refractivity contribution is 7.92. The molecule has 0 aromatic heterocycles. The van der Waals surface area contributed by atoms with E-state index in [4.69, 9.17) is 9.47 Å². The lowest BCUT2D eigenvalue weighted by molar-refractivity contribution is 0.0953. The van der Waals surface area contributed by atoms with E-state index >= 15 is 0 Å². The van der Waals surface area contributed by atoms with Gasteiger partial charge in [-0.05, 0) is 50.3 Å². The predicted molar refractivity (Wildman–Crippen MR) is 101 cm³/mol. The molecular weight excluding hydrogens is 370 g/mol. The van der Waals surface area contributed by atoms with Crippen molar-refractivity contribution in [3.8, 4) is 11.5 Å². The van der Waals surface area contributed by atoms with Crippen LogP contribution in [0.15, 0.2) is 47.4 Å². The van der Waals surface area contributed by atoms with Gasteiger partial charge in [-0.15, -0.1) is 0 Å². The number of rotatable bonds is 8. The quantitative estimate of drug-likeness (QED) is 0.590. The van der Waals surface area contributed by atoms with E-state index in [1.807, 2.05) is 7.05 Å². The minimum Gasteiger partial charge on any atom is -0.454 e. The average Bonchev–Trinajstić information content (AvgIpc) is 3.12. The summed E-state index contributed by atoms with van der Waals surface area (Å²) < 4.78 is 38.3. The van der Waals surface area contributed by atoms with Crippen molar-refractivity contribution in [2.75, 3.05) is 31.7 Å². The van der Waals surface area contributed by atoms with Gasteiger partial charge in [0.05, 0.1) is 10.6 Å². The fraction of sp³-hybridized carbons (Fsp3) is 0.278. The van der Waals surface area contributed by atoms with Gasteiger partial charge in [0.15, 0.2) is 11.5 Å². The maximum atomic E-state index is 12.7. The molecule has 0 spiro atoms. The summed E-state index contributed by atoms with van der Waals surface area (Å²) in [6.07, 6.45) is 0.784. The van der Waals surface area contributed by atoms with Crippen LogP contribution < -0.4 is 24.8 Å². The van der Waals surface area contributed by atoms with Gasteiger partial charge in [-0.3, -0.25) is 9.52 Å². The Labute approximate surface area is 157 Å². The summed E-state index contributed by atoms with van der Waals surface area (Å²) in [4.78, 5) is 12.2. The summed E-state index contributed by atoms with van der Waals surface area (Å²) >= 11 is 0. The van der Waals surface area contributed by atoms with Crippen molar-refractivity contribution in [2.24, 2.45) is 0 Å². The van der Waals surface area contributed by atoms with Gasteiger partial charge >= 0.3 is 0 Å². The maximum absolute atomic E-state index is 12.7. The number of ether oxygens (including phenoxy) is 2. The van der Waals surface area contributed by atoms with Crippen LogP contribution in [0.25, 0.3) is 0 Å². The van der Waals surface area contributed by atoms with E-state index in [0.29, 0.717) is 23.7 Å². The zero-order chi connectivity index (χ0) is 19.3. The summed E-state index contributed by atoms with van der Waals surface area (Å²) in [5, 5.41) is 5.76. The van der Waals surface area contributed by atoms with Gasteiger partial charge in [-0.25, -0.2) is 8.42 Å². The van der Waals surface area contributed by atoms with Gasteiger partial charge in [0.1, 0.15) is 0 Å². The molecule has 9 heteroatoms. The number of sulfonamides is 1. The Kier molecular flexibility index (Phi) is 5.82. The zero-order valence-electron chi connectivity index (χ0n) is 14.8. The van der Waals surface area contributed by atoms with Crippen molar-refractivity contribution in [1.29, 1.82) is 0 Å². The molecule has 8 nitrogen and oxygen atoms in total. The van der Waals surface area contributed by atoms with Crippen molar-refractivity contribution < 1.29 is 22.7 Å². The molecule has 27 heavy (non-hydrogen) atoms. The second-order valence-electron chi connectivity index (χ2n) is 5.91. The summed E-state index contributed by atoms with van der Waals surface area (Å²) in [6.45, 7) is 1.40. The highest BCUT2D eigenvalue weighted by Crippen LogP contribution is 2.34. The third-order valence-electron chi connectivity index (χ3n) is 3.92. The normalized spacial score (nSPS) is 12.6. The third-order valence-corrected chi connectivity index (χ3v) is 5.30. The van der Waals surface area contributed by atoms with Crippen LogP contribution in [0.5, 0.6) is 11.5 Å². The lowest BCUT2D eigenvalue weighted by Crippen LogP contribution is -2.26. The molecule has 0 bridgehead atoms. The molecule has 1 heterocycles. The van der Waals surface area contributed by atoms with Crippen molar-refractivity contribution >= 4 is 21.6 Å². The van der Waals surface area contributed by atoms with Crippen LogP contribution in [-0.2, 0) is 10.0 Å². The molecule has 0 fully saturated rings. The summed E-state index contributed by atoms with van der Waals surface area (Å²) in [7, 11) is -2.02. The first kappa shape index (κ1) is 19.0. The average molecular weight is 391 g/mol. The largest absolute Gasteiger partial charge is 0.454 e. The lowest BCUT2D eigenvalue weighted by Gasteiger charge is -2.10. The number of anilines is 1. The molecule has 144 valence electrons. The number of hydrogen-bond donors (Lipinski definition) is 3. The molecule has 2 aromatic rings. The van der Waals surface area contributed by atoms with Crippen LogP contribution in [0.3, 0.4) is 0 Å². The highest BCUT2D eigenvalue weighted by atomic mass is 32.2. The number of hydrogen-bond acceptors (Lipinski definition) is 6. The Morgan fingerprint density at radius 2 is 1.89 bits per heavy atom. The number of amides is 1. The van der Waals surface area contributed by atoms with Crippen molar-refractivity contribution in [3.63, 3.8) is 0 Å². The molecule has 1 aliphatic rings. The first-order valence-electron chi connectivity index (χ1n) is 8.45. The summed E-state index contributed by atoms with van der Waals surface area (Å²) in [5.41, 5.74) is 0.634. The number of carbonyl (C=O) groups excluding carboxylic acids is 1. The second-order valence-corrected chi connectivity index (χ2v) is 7.60. The molecule has 0 atom stereocenters. The molecule has 1 aliphatic heterocycles. The Hall–Kier alpha value is -2.78. The Morgan fingerprint density at radius 3 is 2.70 bits per heavy atom. The van der Waals surface area contributed by atoms with Crippen LogP contribution in [0, 0.1) is 0 Å². The molecular formula is C18H21N3O5S. The Morgan fingerprint density at radius 1 is 1.07 bits per heavy atom. The maximum Gasteiger partial charge on any atom is 0.261 e. The molecule has 3 rings (SSSR count). The number of fused-ring (bicyclic) bond motifs is 1. The van der Waals surface area contributed by atoms with E-state index in [0.717, 1.165) is 13.0 Å². The van der Waals surface area contributed by atoms with Gasteiger partial charge in [0, 0.05) is 18.2 Å². The highest BCUT2D eigenvalue weighted by Gasteiger charge is 2.19. The topological polar surface area (TPSA) is 106 Å². The molecule has 0 saturated heterocycles. The van der Waals surface area contributed by atoms with E-state index in [9.17, 15) is 13.2 Å². The van der Waals surface area contributed by atoms with Crippen molar-refractivity contribution in [1.82, 2.24) is 10.6 Å². The van der Waals surface area contributed by atoms with E-state index in [1.165, 1.54) is 18.2 Å². The van der Waals surface area contributed by atoms with Gasteiger partial charge in [-0.2, -0.15) is 0 Å². The fourth-order valence-corrected chi connectivity index (χ4v) is 3.64. The van der Waals surface area contributed by atoms with Crippen LogP contribution in [0.1, 0.15) is 16.8 Å². The number of nitrogens with one attached hydrogen (secondary N) is 3. The van der Waals surface area contributed by atoms with Crippen molar-refractivity contribution in [3.05, 3.63) is 48.0 Å². The Balaban J connectivity index is 1.72. The summed E-state index contributed by atoms with van der Waals surface area (Å²) in [5.74, 6) is 0.728. The molecule has 3 N–H and O–H groups in total. The predicted octanol–water partition coefficient (Wildman–Crippen LogP) is 1.56.